The lowest BCUT2D eigenvalue weighted by molar-refractivity contribution is -0.153. The fourth-order valence-electron chi connectivity index (χ4n) is 2.02. The maximum atomic E-state index is 11.9. The van der Waals surface area contributed by atoms with Gasteiger partial charge in [0.25, 0.3) is 5.91 Å². The van der Waals surface area contributed by atoms with Crippen LogP contribution in [0.1, 0.15) is 18.2 Å². The highest BCUT2D eigenvalue weighted by atomic mass is 32.1. The van der Waals surface area contributed by atoms with E-state index in [9.17, 15) is 14.4 Å². The van der Waals surface area contributed by atoms with Crippen molar-refractivity contribution in [3.63, 3.8) is 0 Å². The molecule has 0 saturated heterocycles. The Balaban J connectivity index is 1.93. The molecule has 1 aromatic heterocycles. The number of hydrogen-bond donors (Lipinski definition) is 2. The lowest BCUT2D eigenvalue weighted by Crippen LogP contribution is -2.43. The van der Waals surface area contributed by atoms with E-state index in [4.69, 9.17) is 4.74 Å². The molecule has 0 spiro atoms. The molecule has 2 N–H and O–H groups in total. The van der Waals surface area contributed by atoms with E-state index in [2.05, 4.69) is 10.3 Å². The van der Waals surface area contributed by atoms with E-state index in [-0.39, 0.29) is 6.42 Å². The molecule has 8 heteroatoms. The van der Waals surface area contributed by atoms with Gasteiger partial charge in [-0.15, -0.1) is 11.3 Å². The van der Waals surface area contributed by atoms with Crippen LogP contribution in [0.15, 0.2) is 29.6 Å². The summed E-state index contributed by atoms with van der Waals surface area (Å²) in [6, 6.07) is 7.27. The Bertz CT molecular complexity index is 788. The molecule has 2 aromatic rings. The number of imide groups is 1. The van der Waals surface area contributed by atoms with Crippen LogP contribution in [0.5, 0.6) is 0 Å². The number of urea groups is 1. The number of nitrogens with zero attached hydrogens (tertiary/aromatic N) is 1. The topological polar surface area (TPSA) is 97.4 Å². The fourth-order valence-corrected chi connectivity index (χ4v) is 2.83. The van der Waals surface area contributed by atoms with Crippen LogP contribution in [0.25, 0.3) is 10.6 Å². The maximum absolute atomic E-state index is 11.9. The van der Waals surface area contributed by atoms with Crippen molar-refractivity contribution >= 4 is 29.2 Å². The summed E-state index contributed by atoms with van der Waals surface area (Å²) in [4.78, 5) is 39.1. The smallest absolute Gasteiger partial charge is 0.321 e. The van der Waals surface area contributed by atoms with Gasteiger partial charge in [0.2, 0.25) is 0 Å². The predicted octanol–water partition coefficient (Wildman–Crippen LogP) is 2.05. The van der Waals surface area contributed by atoms with Gasteiger partial charge in [0.15, 0.2) is 6.10 Å². The molecular weight excluding hydrogens is 342 g/mol. The molecule has 1 heterocycles. The average molecular weight is 361 g/mol. The molecule has 0 radical (unpaired) electrons. The molecule has 0 unspecified atom stereocenters. The van der Waals surface area contributed by atoms with Crippen molar-refractivity contribution in [2.24, 2.45) is 0 Å². The summed E-state index contributed by atoms with van der Waals surface area (Å²) in [6.45, 7) is 3.40. The van der Waals surface area contributed by atoms with E-state index in [0.717, 1.165) is 16.1 Å². The number of thiazole rings is 1. The van der Waals surface area contributed by atoms with E-state index in [0.29, 0.717) is 5.69 Å². The maximum Gasteiger partial charge on any atom is 0.321 e. The lowest BCUT2D eigenvalue weighted by atomic mass is 10.1. The van der Waals surface area contributed by atoms with Crippen LogP contribution in [0.3, 0.4) is 0 Å². The molecule has 7 nitrogen and oxygen atoms in total. The zero-order valence-electron chi connectivity index (χ0n) is 14.2. The molecular formula is C17H19N3O4S. The highest BCUT2D eigenvalue weighted by Crippen LogP contribution is 2.24. The second-order valence-corrected chi connectivity index (χ2v) is 6.25. The van der Waals surface area contributed by atoms with Gasteiger partial charge in [0.05, 0.1) is 12.1 Å². The van der Waals surface area contributed by atoms with Gasteiger partial charge >= 0.3 is 12.0 Å². The third kappa shape index (κ3) is 5.39. The number of rotatable bonds is 5. The SMILES string of the molecule is CNC(=O)NC(=O)[C@H](C)OC(=O)Cc1csc(-c2cccc(C)c2)n1. The number of ether oxygens (including phenoxy) is 1. The molecule has 1 aromatic carbocycles. The van der Waals surface area contributed by atoms with E-state index < -0.39 is 24.0 Å². The molecule has 0 aliphatic carbocycles. The van der Waals surface area contributed by atoms with Gasteiger partial charge in [0.1, 0.15) is 5.01 Å². The molecule has 1 atom stereocenters. The van der Waals surface area contributed by atoms with Crippen LogP contribution in [0.2, 0.25) is 0 Å². The van der Waals surface area contributed by atoms with Gasteiger partial charge in [-0.2, -0.15) is 0 Å². The van der Waals surface area contributed by atoms with Crippen molar-refractivity contribution in [1.29, 1.82) is 0 Å². The van der Waals surface area contributed by atoms with E-state index in [1.54, 1.807) is 5.38 Å². The van der Waals surface area contributed by atoms with Crippen LogP contribution >= 0.6 is 11.3 Å². The van der Waals surface area contributed by atoms with E-state index in [1.165, 1.54) is 25.3 Å². The minimum Gasteiger partial charge on any atom is -0.452 e. The summed E-state index contributed by atoms with van der Waals surface area (Å²) in [6.07, 6.45) is -1.11. The summed E-state index contributed by atoms with van der Waals surface area (Å²) < 4.78 is 5.03. The predicted molar refractivity (Wildman–Crippen MR) is 94.1 cm³/mol. The number of hydrogen-bond acceptors (Lipinski definition) is 6. The third-order valence-corrected chi connectivity index (χ3v) is 4.22. The summed E-state index contributed by atoms with van der Waals surface area (Å²) >= 11 is 1.44. The molecule has 132 valence electrons. The number of aromatic nitrogens is 1. The first-order chi connectivity index (χ1) is 11.9. The molecule has 2 rings (SSSR count). The Morgan fingerprint density at radius 3 is 2.76 bits per heavy atom. The average Bonchev–Trinajstić information content (AvgIpc) is 3.02. The lowest BCUT2D eigenvalue weighted by Gasteiger charge is -2.12. The van der Waals surface area contributed by atoms with Gasteiger partial charge in [-0.05, 0) is 19.9 Å². The van der Waals surface area contributed by atoms with Crippen molar-refractivity contribution in [1.82, 2.24) is 15.6 Å². The van der Waals surface area contributed by atoms with Crippen molar-refractivity contribution in [3.8, 4) is 10.6 Å². The zero-order valence-corrected chi connectivity index (χ0v) is 15.0. The summed E-state index contributed by atoms with van der Waals surface area (Å²) in [5, 5.41) is 6.90. The minimum absolute atomic E-state index is 0.0418. The zero-order chi connectivity index (χ0) is 18.4. The molecule has 0 aliphatic rings. The normalized spacial score (nSPS) is 11.5. The molecule has 0 saturated carbocycles. The number of nitrogens with one attached hydrogen (secondary N) is 2. The van der Waals surface area contributed by atoms with E-state index in [1.807, 2.05) is 36.5 Å². The quantitative estimate of drug-likeness (QED) is 0.795. The van der Waals surface area contributed by atoms with Crippen molar-refractivity contribution in [2.75, 3.05) is 7.05 Å². The highest BCUT2D eigenvalue weighted by molar-refractivity contribution is 7.13. The first-order valence-electron chi connectivity index (χ1n) is 7.62. The monoisotopic (exact) mass is 361 g/mol. The first-order valence-corrected chi connectivity index (χ1v) is 8.50. The van der Waals surface area contributed by atoms with Gasteiger partial charge in [-0.25, -0.2) is 9.78 Å². The van der Waals surface area contributed by atoms with Crippen LogP contribution in [0.4, 0.5) is 4.79 Å². The van der Waals surface area contributed by atoms with Crippen LogP contribution in [-0.2, 0) is 20.7 Å². The molecule has 25 heavy (non-hydrogen) atoms. The largest absolute Gasteiger partial charge is 0.452 e. The Labute approximate surface area is 149 Å². The molecule has 3 amide bonds. The second-order valence-electron chi connectivity index (χ2n) is 5.39. The summed E-state index contributed by atoms with van der Waals surface area (Å²) in [7, 11) is 1.38. The minimum atomic E-state index is -1.07. The van der Waals surface area contributed by atoms with Crippen LogP contribution in [-0.4, -0.2) is 36.0 Å². The Hall–Kier alpha value is -2.74. The Kier molecular flexibility index (Phi) is 6.24. The van der Waals surface area contributed by atoms with Crippen LogP contribution in [0, 0.1) is 6.92 Å². The van der Waals surface area contributed by atoms with Crippen LogP contribution < -0.4 is 10.6 Å². The Morgan fingerprint density at radius 2 is 2.08 bits per heavy atom. The Morgan fingerprint density at radius 1 is 1.32 bits per heavy atom. The summed E-state index contributed by atoms with van der Waals surface area (Å²) in [5.74, 6) is -1.27. The third-order valence-electron chi connectivity index (χ3n) is 3.28. The fraction of sp³-hybridized carbons (Fsp3) is 0.294. The molecule has 0 aliphatic heterocycles. The van der Waals surface area contributed by atoms with Crippen molar-refractivity contribution in [3.05, 3.63) is 40.9 Å². The van der Waals surface area contributed by atoms with Gasteiger partial charge in [-0.1, -0.05) is 23.8 Å². The number of amides is 3. The van der Waals surface area contributed by atoms with Crippen molar-refractivity contribution < 1.29 is 19.1 Å². The summed E-state index contributed by atoms with van der Waals surface area (Å²) in [5.41, 5.74) is 2.69. The molecule has 0 bridgehead atoms. The van der Waals surface area contributed by atoms with Crippen molar-refractivity contribution in [2.45, 2.75) is 26.4 Å². The van der Waals surface area contributed by atoms with E-state index >= 15 is 0 Å². The highest BCUT2D eigenvalue weighted by Gasteiger charge is 2.20. The number of aryl methyl sites for hydroxylation is 1. The van der Waals surface area contributed by atoms with Gasteiger partial charge in [-0.3, -0.25) is 14.9 Å². The van der Waals surface area contributed by atoms with Gasteiger partial charge < -0.3 is 10.1 Å². The first kappa shape index (κ1) is 18.6. The number of esters is 1. The number of benzene rings is 1. The standard InChI is InChI=1S/C17H19N3O4S/c1-10-5-4-6-12(7-10)16-19-13(9-25-16)8-14(21)24-11(2)15(22)20-17(23)18-3/h4-7,9,11H,8H2,1-3H3,(H2,18,20,22,23)/t11-/m0/s1. The second kappa shape index (κ2) is 8.39. The van der Waals surface area contributed by atoms with Gasteiger partial charge in [0, 0.05) is 18.0 Å². The molecule has 0 fully saturated rings. The number of carbonyl (C=O) groups excluding carboxylic acids is 3. The number of carbonyl (C=O) groups is 3.